The highest BCUT2D eigenvalue weighted by Gasteiger charge is 2.47. The summed E-state index contributed by atoms with van der Waals surface area (Å²) >= 11 is 0. The fourth-order valence-electron chi connectivity index (χ4n) is 11.3. The quantitative estimate of drug-likeness (QED) is 0.0282. The number of methoxy groups -OCH3 is 2. The van der Waals surface area contributed by atoms with Crippen molar-refractivity contribution in [2.75, 3.05) is 40.8 Å². The van der Waals surface area contributed by atoms with E-state index in [1.807, 2.05) is 48.5 Å². The zero-order chi connectivity index (χ0) is 61.9. The summed E-state index contributed by atoms with van der Waals surface area (Å²) in [6.07, 6.45) is 1.54. The van der Waals surface area contributed by atoms with Gasteiger partial charge in [-0.3, -0.25) is 37.8 Å². The summed E-state index contributed by atoms with van der Waals surface area (Å²) < 4.78 is 90.1. The summed E-state index contributed by atoms with van der Waals surface area (Å²) in [6, 6.07) is 24.8. The van der Waals surface area contributed by atoms with Gasteiger partial charge in [-0.2, -0.15) is 0 Å². The van der Waals surface area contributed by atoms with E-state index in [1.54, 1.807) is 55.8 Å². The van der Waals surface area contributed by atoms with Crippen molar-refractivity contribution in [1.82, 2.24) is 19.1 Å². The molecule has 0 bridgehead atoms. The third-order valence-corrected chi connectivity index (χ3v) is 24.0. The van der Waals surface area contributed by atoms with Gasteiger partial charge in [0, 0.05) is 49.7 Å². The molecule has 8 atom stereocenters. The van der Waals surface area contributed by atoms with Gasteiger partial charge in [-0.15, -0.1) is 0 Å². The first-order valence-electron chi connectivity index (χ1n) is 29.1. The molecule has 4 unspecified atom stereocenters. The van der Waals surface area contributed by atoms with Crippen LogP contribution in [0.4, 0.5) is 0 Å². The molecule has 0 saturated carbocycles. The number of hydrogen-bond acceptors (Lipinski definition) is 16. The standard InChI is InChI=1S/C38H47N2O9P.C23H43N2O7PSi/c1-8-9-27-10-12-28(13-11-27)38(29-14-18-31(44-5)19-15-29,30-16-20-32(45-6)21-17-30)46-24-34-33(49-50(7,43)48-25(2)3)22-35(47-34)40-23-26(4)36(41)39-37(40)42;1-10-11-34(16(4)5,17(6)7)29-14-20-19(32-33(9,28)31-15(2)3)12-21(30-20)25-13-18(8)22(26)24-23(25)27/h10-21,23,25,33-35H,8-9,22,24H2,1-7H3,(H,39,41,42);13,15-17,19-21H,10-12,14H2,1-9H3,(H,24,26,27)/t33?,34-,35-,50?;19?,20-,21-,33?/m11/s1. The number of aromatic amines is 2. The van der Waals surface area contributed by atoms with Crippen molar-refractivity contribution in [1.29, 1.82) is 0 Å². The molecular weight excluding hydrogens is 1130 g/mol. The second-order valence-corrected chi connectivity index (χ2v) is 32.0. The molecule has 5 aromatic rings. The minimum atomic E-state index is -3.56. The van der Waals surface area contributed by atoms with Crippen LogP contribution in [0.2, 0.25) is 17.1 Å². The Morgan fingerprint density at radius 2 is 1.00 bits per heavy atom. The Kier molecular flexibility index (Phi) is 24.0. The van der Waals surface area contributed by atoms with Gasteiger partial charge >= 0.3 is 26.6 Å². The van der Waals surface area contributed by atoms with Crippen LogP contribution in [0.25, 0.3) is 0 Å². The van der Waals surface area contributed by atoms with Crippen molar-refractivity contribution < 1.29 is 55.3 Å². The van der Waals surface area contributed by atoms with Crippen molar-refractivity contribution in [3.63, 3.8) is 0 Å². The first-order chi connectivity index (χ1) is 39.6. The number of aromatic nitrogens is 4. The van der Waals surface area contributed by atoms with E-state index in [0.29, 0.717) is 33.7 Å². The van der Waals surface area contributed by atoms with Gasteiger partial charge in [0.25, 0.3) is 11.1 Å². The normalized spacial score (nSPS) is 20.7. The highest BCUT2D eigenvalue weighted by atomic mass is 31.2. The van der Waals surface area contributed by atoms with E-state index in [9.17, 15) is 28.3 Å². The molecule has 84 heavy (non-hydrogen) atoms. The van der Waals surface area contributed by atoms with Crippen molar-refractivity contribution in [3.05, 3.63) is 160 Å². The molecule has 0 amide bonds. The van der Waals surface area contributed by atoms with Crippen LogP contribution in [0.5, 0.6) is 11.5 Å². The molecular formula is C61H90N4O16P2Si. The predicted octanol–water partition coefficient (Wildman–Crippen LogP) is 11.7. The van der Waals surface area contributed by atoms with E-state index in [4.69, 9.17) is 46.2 Å². The molecule has 2 fully saturated rings. The Labute approximate surface area is 495 Å². The maximum absolute atomic E-state index is 13.5. The van der Waals surface area contributed by atoms with Gasteiger partial charge in [0.1, 0.15) is 41.8 Å². The predicted molar refractivity (Wildman–Crippen MR) is 328 cm³/mol. The first kappa shape index (κ1) is 68.1. The summed E-state index contributed by atoms with van der Waals surface area (Å²) in [4.78, 5) is 54.1. The Hall–Kier alpha value is -5.02. The first-order valence-corrected chi connectivity index (χ1v) is 35.4. The van der Waals surface area contributed by atoms with Gasteiger partial charge in [-0.1, -0.05) is 103 Å². The number of ether oxygens (including phenoxy) is 5. The molecule has 23 heteroatoms. The lowest BCUT2D eigenvalue weighted by Crippen LogP contribution is -2.47. The Morgan fingerprint density at radius 1 is 0.607 bits per heavy atom. The van der Waals surface area contributed by atoms with Crippen LogP contribution in [0.1, 0.15) is 141 Å². The van der Waals surface area contributed by atoms with E-state index in [1.165, 1.54) is 40.4 Å². The molecule has 4 heterocycles. The van der Waals surface area contributed by atoms with E-state index >= 15 is 0 Å². The van der Waals surface area contributed by atoms with Crippen molar-refractivity contribution >= 4 is 23.5 Å². The molecule has 2 N–H and O–H groups in total. The number of nitrogens with one attached hydrogen (secondary N) is 2. The number of rotatable bonds is 27. The minimum Gasteiger partial charge on any atom is -0.497 e. The monoisotopic (exact) mass is 1220 g/mol. The molecule has 2 aliphatic rings. The minimum absolute atomic E-state index is 0.0330. The Morgan fingerprint density at radius 3 is 1.36 bits per heavy atom. The molecule has 0 spiro atoms. The average Bonchev–Trinajstić information content (AvgIpc) is 1.85. The molecule has 2 aromatic heterocycles. The zero-order valence-electron chi connectivity index (χ0n) is 51.8. The lowest BCUT2D eigenvalue weighted by atomic mass is 9.79. The zero-order valence-corrected chi connectivity index (χ0v) is 54.6. The lowest BCUT2D eigenvalue weighted by molar-refractivity contribution is -0.0927. The van der Waals surface area contributed by atoms with Crippen LogP contribution in [0.3, 0.4) is 0 Å². The highest BCUT2D eigenvalue weighted by molar-refractivity contribution is 7.53. The van der Waals surface area contributed by atoms with E-state index < -0.39 is 88.5 Å². The Balaban J connectivity index is 0.000000291. The van der Waals surface area contributed by atoms with Crippen molar-refractivity contribution in [3.8, 4) is 11.5 Å². The van der Waals surface area contributed by atoms with Gasteiger partial charge in [0.15, 0.2) is 8.32 Å². The van der Waals surface area contributed by atoms with Gasteiger partial charge in [-0.05, 0) is 112 Å². The molecule has 7 rings (SSSR count). The number of hydrogen-bond donors (Lipinski definition) is 2. The van der Waals surface area contributed by atoms with Gasteiger partial charge < -0.3 is 46.2 Å². The van der Waals surface area contributed by atoms with Crippen LogP contribution < -0.4 is 32.0 Å². The fraction of sp³-hybridized carbons (Fsp3) is 0.574. The second kappa shape index (κ2) is 29.6. The highest BCUT2D eigenvalue weighted by Crippen LogP contribution is 2.52. The molecule has 0 aliphatic carbocycles. The summed E-state index contributed by atoms with van der Waals surface area (Å²) in [5.41, 5.74) is 2.06. The third kappa shape index (κ3) is 16.9. The smallest absolute Gasteiger partial charge is 0.330 e. The number of H-pyrrole nitrogens is 2. The van der Waals surface area contributed by atoms with E-state index in [-0.39, 0.29) is 38.3 Å². The molecule has 20 nitrogen and oxygen atoms in total. The van der Waals surface area contributed by atoms with Crippen molar-refractivity contribution in [2.45, 2.75) is 187 Å². The molecule has 2 saturated heterocycles. The topological polar surface area (TPSA) is 236 Å². The summed E-state index contributed by atoms with van der Waals surface area (Å²) in [7, 11) is -5.80. The van der Waals surface area contributed by atoms with Crippen LogP contribution in [0, 0.1) is 13.8 Å². The van der Waals surface area contributed by atoms with Gasteiger partial charge in [-0.25, -0.2) is 9.59 Å². The summed E-state index contributed by atoms with van der Waals surface area (Å²) in [5, 5.41) is 0. The van der Waals surface area contributed by atoms with Gasteiger partial charge in [0.05, 0.1) is 51.8 Å². The van der Waals surface area contributed by atoms with Crippen LogP contribution in [0.15, 0.2) is 104 Å². The molecule has 0 radical (unpaired) electrons. The van der Waals surface area contributed by atoms with Crippen LogP contribution in [-0.4, -0.2) is 105 Å². The van der Waals surface area contributed by atoms with Crippen molar-refractivity contribution in [2.24, 2.45) is 0 Å². The maximum Gasteiger partial charge on any atom is 0.330 e. The third-order valence-electron chi connectivity index (χ3n) is 15.2. The lowest BCUT2D eigenvalue weighted by Gasteiger charge is -2.39. The summed E-state index contributed by atoms with van der Waals surface area (Å²) in [5.74, 6) is 1.38. The van der Waals surface area contributed by atoms with Crippen LogP contribution >= 0.6 is 15.2 Å². The van der Waals surface area contributed by atoms with Crippen LogP contribution in [-0.2, 0) is 57.9 Å². The number of nitrogens with zero attached hydrogens (tertiary/aromatic N) is 2. The second-order valence-electron chi connectivity index (χ2n) is 23.0. The Bertz CT molecular complexity index is 3220. The number of aryl methyl sites for hydroxylation is 3. The molecule has 464 valence electrons. The maximum atomic E-state index is 13.5. The molecule has 2 aliphatic heterocycles. The summed E-state index contributed by atoms with van der Waals surface area (Å²) in [6.45, 7) is 26.7. The van der Waals surface area contributed by atoms with E-state index in [0.717, 1.165) is 42.0 Å². The van der Waals surface area contributed by atoms with Gasteiger partial charge in [0.2, 0.25) is 0 Å². The van der Waals surface area contributed by atoms with E-state index in [2.05, 4.69) is 75.8 Å². The fourth-order valence-corrected chi connectivity index (χ4v) is 18.9. The number of benzene rings is 3. The largest absolute Gasteiger partial charge is 0.497 e. The average molecular weight is 1230 g/mol. The SMILES string of the molecule is CCC[Si](OC[C@H]1O[C@@H](n2cc(C)c(=O)[nH]c2=O)CC1OP(C)(=O)OC(C)C)(C(C)C)C(C)C.CCCc1ccc(C(OC[C@H]2O[C@@H](n3cc(C)c(=O)[nH]c3=O)CC2OP(C)(=O)OC(C)C)(c2ccc(OC)cc2)c2ccc(OC)cc2)cc1. The molecule has 3 aromatic carbocycles.